The van der Waals surface area contributed by atoms with E-state index in [0.717, 1.165) is 54.1 Å². The summed E-state index contributed by atoms with van der Waals surface area (Å²) in [5.41, 5.74) is 2.62. The van der Waals surface area contributed by atoms with Gasteiger partial charge in [0.05, 0.1) is 25.3 Å². The number of aromatic amines is 1. The van der Waals surface area contributed by atoms with E-state index in [9.17, 15) is 4.79 Å². The first-order valence-electron chi connectivity index (χ1n) is 9.80. The van der Waals surface area contributed by atoms with Gasteiger partial charge in [0.1, 0.15) is 11.6 Å². The van der Waals surface area contributed by atoms with Crippen molar-refractivity contribution in [3.63, 3.8) is 0 Å². The number of hydrogen-bond donors (Lipinski definition) is 1. The number of ether oxygens (including phenoxy) is 3. The molecule has 1 fully saturated rings. The van der Waals surface area contributed by atoms with Crippen LogP contribution in [0.15, 0.2) is 36.4 Å². The molecule has 1 N–H and O–H groups in total. The van der Waals surface area contributed by atoms with E-state index >= 15 is 0 Å². The van der Waals surface area contributed by atoms with Crippen molar-refractivity contribution in [3.05, 3.63) is 36.4 Å². The fourth-order valence-corrected chi connectivity index (χ4v) is 3.56. The molecule has 29 heavy (non-hydrogen) atoms. The van der Waals surface area contributed by atoms with Gasteiger partial charge >= 0.3 is 0 Å². The first-order chi connectivity index (χ1) is 14.2. The number of carbonyl (C=O) groups is 1. The highest BCUT2D eigenvalue weighted by molar-refractivity contribution is 5.81. The number of imidazole rings is 1. The minimum atomic E-state index is 0.0140. The Bertz CT molecular complexity index is 1010. The SMILES string of the molecule is COc1ccc2nc(-c3ccc(OCC(=O)N4CCCCC4)c(OC)c3)[nH]c2c1. The minimum absolute atomic E-state index is 0.0140. The molecule has 2 heterocycles. The smallest absolute Gasteiger partial charge is 0.260 e. The highest BCUT2D eigenvalue weighted by Gasteiger charge is 2.18. The van der Waals surface area contributed by atoms with Gasteiger partial charge in [-0.2, -0.15) is 0 Å². The summed E-state index contributed by atoms with van der Waals surface area (Å²) in [6.45, 7) is 1.64. The van der Waals surface area contributed by atoms with Gasteiger partial charge in [-0.25, -0.2) is 4.98 Å². The van der Waals surface area contributed by atoms with Crippen molar-refractivity contribution in [2.24, 2.45) is 0 Å². The minimum Gasteiger partial charge on any atom is -0.497 e. The summed E-state index contributed by atoms with van der Waals surface area (Å²) in [6, 6.07) is 11.3. The molecule has 0 bridgehead atoms. The third-order valence-corrected chi connectivity index (χ3v) is 5.19. The molecular formula is C22H25N3O4. The van der Waals surface area contributed by atoms with Gasteiger partial charge in [-0.15, -0.1) is 0 Å². The molecule has 1 aromatic heterocycles. The molecule has 2 aromatic carbocycles. The number of amides is 1. The van der Waals surface area contributed by atoms with Crippen LogP contribution in [0.1, 0.15) is 19.3 Å². The third-order valence-electron chi connectivity index (χ3n) is 5.19. The average Bonchev–Trinajstić information content (AvgIpc) is 3.21. The second-order valence-corrected chi connectivity index (χ2v) is 7.06. The molecule has 7 nitrogen and oxygen atoms in total. The van der Waals surface area contributed by atoms with Crippen LogP contribution in [0.3, 0.4) is 0 Å². The van der Waals surface area contributed by atoms with Crippen LogP contribution < -0.4 is 14.2 Å². The fourth-order valence-electron chi connectivity index (χ4n) is 3.56. The number of H-pyrrole nitrogens is 1. The van der Waals surface area contributed by atoms with Gasteiger partial charge in [0, 0.05) is 24.7 Å². The summed E-state index contributed by atoms with van der Waals surface area (Å²) in [5, 5.41) is 0. The topological polar surface area (TPSA) is 76.7 Å². The maximum Gasteiger partial charge on any atom is 0.260 e. The maximum atomic E-state index is 12.3. The van der Waals surface area contributed by atoms with Gasteiger partial charge < -0.3 is 24.1 Å². The van der Waals surface area contributed by atoms with Crippen molar-refractivity contribution in [1.29, 1.82) is 0 Å². The van der Waals surface area contributed by atoms with Gasteiger partial charge in [0.25, 0.3) is 5.91 Å². The van der Waals surface area contributed by atoms with Gasteiger partial charge in [0.2, 0.25) is 0 Å². The van der Waals surface area contributed by atoms with Gasteiger partial charge in [-0.1, -0.05) is 0 Å². The Morgan fingerprint density at radius 1 is 1.03 bits per heavy atom. The van der Waals surface area contributed by atoms with Gasteiger partial charge in [-0.05, 0) is 49.6 Å². The molecule has 4 rings (SSSR count). The Morgan fingerprint density at radius 2 is 1.86 bits per heavy atom. The number of nitrogens with zero attached hydrogens (tertiary/aromatic N) is 2. The van der Waals surface area contributed by atoms with Gasteiger partial charge in [0.15, 0.2) is 18.1 Å². The standard InChI is InChI=1S/C22H25N3O4/c1-27-16-7-8-17-18(13-16)24-22(23-17)15-6-9-19(20(12-15)28-2)29-14-21(26)25-10-4-3-5-11-25/h6-9,12-13H,3-5,10-11,14H2,1-2H3,(H,23,24). The summed E-state index contributed by atoms with van der Waals surface area (Å²) < 4.78 is 16.5. The molecule has 1 saturated heterocycles. The lowest BCUT2D eigenvalue weighted by molar-refractivity contribution is -0.134. The number of fused-ring (bicyclic) bond motifs is 1. The monoisotopic (exact) mass is 395 g/mol. The molecule has 0 atom stereocenters. The molecule has 0 spiro atoms. The van der Waals surface area contributed by atoms with E-state index in [0.29, 0.717) is 11.5 Å². The zero-order valence-corrected chi connectivity index (χ0v) is 16.7. The molecule has 7 heteroatoms. The van der Waals surface area contributed by atoms with E-state index in [1.54, 1.807) is 14.2 Å². The average molecular weight is 395 g/mol. The molecule has 3 aromatic rings. The first-order valence-corrected chi connectivity index (χ1v) is 9.80. The molecule has 0 saturated carbocycles. The Kier molecular flexibility index (Phi) is 5.55. The Labute approximate surface area is 169 Å². The van der Waals surface area contributed by atoms with Crippen molar-refractivity contribution >= 4 is 16.9 Å². The quantitative estimate of drug-likeness (QED) is 0.690. The zero-order valence-electron chi connectivity index (χ0n) is 16.7. The van der Waals surface area contributed by atoms with Crippen molar-refractivity contribution < 1.29 is 19.0 Å². The van der Waals surface area contributed by atoms with Crippen LogP contribution in [-0.4, -0.2) is 54.7 Å². The highest BCUT2D eigenvalue weighted by atomic mass is 16.5. The second-order valence-electron chi connectivity index (χ2n) is 7.06. The van der Waals surface area contributed by atoms with Crippen molar-refractivity contribution in [3.8, 4) is 28.6 Å². The van der Waals surface area contributed by atoms with Crippen LogP contribution in [0, 0.1) is 0 Å². The number of aromatic nitrogens is 2. The first kappa shape index (κ1) is 19.1. The van der Waals surface area contributed by atoms with Crippen molar-refractivity contribution in [1.82, 2.24) is 14.9 Å². The van der Waals surface area contributed by atoms with E-state index in [2.05, 4.69) is 9.97 Å². The number of carbonyl (C=O) groups excluding carboxylic acids is 1. The molecule has 1 amide bonds. The second kappa shape index (κ2) is 8.43. The van der Waals surface area contributed by atoms with Crippen LogP contribution in [0.5, 0.6) is 17.2 Å². The van der Waals surface area contributed by atoms with Gasteiger partial charge in [-0.3, -0.25) is 4.79 Å². The van der Waals surface area contributed by atoms with Crippen LogP contribution in [0.25, 0.3) is 22.4 Å². The molecule has 152 valence electrons. The molecule has 0 radical (unpaired) electrons. The number of rotatable bonds is 6. The van der Waals surface area contributed by atoms with Crippen LogP contribution in [0.2, 0.25) is 0 Å². The lowest BCUT2D eigenvalue weighted by atomic mass is 10.1. The van der Waals surface area contributed by atoms with E-state index in [-0.39, 0.29) is 12.5 Å². The number of piperidine rings is 1. The number of nitrogens with one attached hydrogen (secondary N) is 1. The summed E-state index contributed by atoms with van der Waals surface area (Å²) in [7, 11) is 3.22. The van der Waals surface area contributed by atoms with Crippen LogP contribution >= 0.6 is 0 Å². The van der Waals surface area contributed by atoms with E-state index in [4.69, 9.17) is 14.2 Å². The molecule has 1 aliphatic rings. The predicted octanol–water partition coefficient (Wildman–Crippen LogP) is 3.64. The zero-order chi connectivity index (χ0) is 20.2. The third kappa shape index (κ3) is 4.13. The molecule has 0 unspecified atom stereocenters. The number of likely N-dealkylation sites (tertiary alicyclic amines) is 1. The Balaban J connectivity index is 1.51. The molecular weight excluding hydrogens is 370 g/mol. The van der Waals surface area contributed by atoms with Crippen molar-refractivity contribution in [2.45, 2.75) is 19.3 Å². The lowest BCUT2D eigenvalue weighted by Crippen LogP contribution is -2.38. The predicted molar refractivity (Wildman–Crippen MR) is 111 cm³/mol. The Hall–Kier alpha value is -3.22. The summed E-state index contributed by atoms with van der Waals surface area (Å²) in [4.78, 5) is 22.1. The summed E-state index contributed by atoms with van der Waals surface area (Å²) >= 11 is 0. The lowest BCUT2D eigenvalue weighted by Gasteiger charge is -2.26. The Morgan fingerprint density at radius 3 is 2.62 bits per heavy atom. The molecule has 1 aliphatic heterocycles. The largest absolute Gasteiger partial charge is 0.497 e. The van der Waals surface area contributed by atoms with Crippen molar-refractivity contribution in [2.75, 3.05) is 33.9 Å². The maximum absolute atomic E-state index is 12.3. The van der Waals surface area contributed by atoms with E-state index in [1.807, 2.05) is 41.3 Å². The highest BCUT2D eigenvalue weighted by Crippen LogP contribution is 2.32. The summed E-state index contributed by atoms with van der Waals surface area (Å²) in [5.74, 6) is 2.61. The normalized spacial score (nSPS) is 14.1. The molecule has 0 aliphatic carbocycles. The number of hydrogen-bond acceptors (Lipinski definition) is 5. The number of benzene rings is 2. The van der Waals surface area contributed by atoms with E-state index < -0.39 is 0 Å². The summed E-state index contributed by atoms with van der Waals surface area (Å²) in [6.07, 6.45) is 3.31. The van der Waals surface area contributed by atoms with Crippen LogP contribution in [-0.2, 0) is 4.79 Å². The number of methoxy groups -OCH3 is 2. The fraction of sp³-hybridized carbons (Fsp3) is 0.364. The van der Waals surface area contributed by atoms with E-state index in [1.165, 1.54) is 6.42 Å². The van der Waals surface area contributed by atoms with Crippen LogP contribution in [0.4, 0.5) is 0 Å².